The fraction of sp³-hybridized carbons (Fsp3) is 0.120. The molecule has 6 nitrogen and oxygen atoms in total. The summed E-state index contributed by atoms with van der Waals surface area (Å²) in [5.74, 6) is -0.824. The van der Waals surface area contributed by atoms with Crippen molar-refractivity contribution < 1.29 is 19.0 Å². The van der Waals surface area contributed by atoms with Gasteiger partial charge in [0.05, 0.1) is 21.0 Å². The number of thioether (sulfide) groups is 1. The molecule has 12 heteroatoms. The van der Waals surface area contributed by atoms with Crippen molar-refractivity contribution in [2.45, 2.75) is 10.8 Å². The number of nitriles is 1. The molecular weight excluding hydrogens is 602 g/mol. The summed E-state index contributed by atoms with van der Waals surface area (Å²) in [4.78, 5) is 13.6. The first-order valence-corrected chi connectivity index (χ1v) is 13.5. The minimum atomic E-state index is -0.768. The largest absolute Gasteiger partial charge is 0.479 e. The minimum Gasteiger partial charge on any atom is -0.479 e. The summed E-state index contributed by atoms with van der Waals surface area (Å²) in [6, 6.07) is 14.8. The molecule has 0 aliphatic carbocycles. The fourth-order valence-corrected chi connectivity index (χ4v) is 5.28. The van der Waals surface area contributed by atoms with Gasteiger partial charge in [0, 0.05) is 16.5 Å². The maximum absolute atomic E-state index is 12.5. The Labute approximate surface area is 241 Å². The Balaban J connectivity index is 1.55. The van der Waals surface area contributed by atoms with Crippen LogP contribution in [0.2, 0.25) is 25.1 Å². The van der Waals surface area contributed by atoms with Crippen LogP contribution in [0.3, 0.4) is 0 Å². The third-order valence-corrected chi connectivity index (χ3v) is 8.36. The van der Waals surface area contributed by atoms with Crippen molar-refractivity contribution in [2.24, 2.45) is 5.73 Å². The number of carbonyl (C=O) groups is 1. The van der Waals surface area contributed by atoms with E-state index in [1.54, 1.807) is 23.9 Å². The SMILES string of the molecule is CSc1ccc(C2C(C#N)=C(N)Oc3cc(OC(=O)COc4c(Cl)c(Cl)c(Cl)c(Cl)c4Cl)ccc32)cc1. The summed E-state index contributed by atoms with van der Waals surface area (Å²) in [5, 5.41) is 9.39. The van der Waals surface area contributed by atoms with E-state index in [2.05, 4.69) is 6.07 Å². The van der Waals surface area contributed by atoms with E-state index in [-0.39, 0.29) is 48.1 Å². The lowest BCUT2D eigenvalue weighted by Crippen LogP contribution is -2.21. The second kappa shape index (κ2) is 11.5. The molecule has 0 spiro atoms. The van der Waals surface area contributed by atoms with Gasteiger partial charge in [-0.15, -0.1) is 11.8 Å². The Morgan fingerprint density at radius 3 is 2.24 bits per heavy atom. The van der Waals surface area contributed by atoms with E-state index in [1.807, 2.05) is 30.5 Å². The zero-order valence-corrected chi connectivity index (χ0v) is 23.4. The molecule has 1 aliphatic rings. The molecule has 3 aromatic rings. The highest BCUT2D eigenvalue weighted by Crippen LogP contribution is 2.48. The average molecular weight is 617 g/mol. The van der Waals surface area contributed by atoms with Crippen LogP contribution in [0.4, 0.5) is 0 Å². The topological polar surface area (TPSA) is 94.6 Å². The van der Waals surface area contributed by atoms with Gasteiger partial charge >= 0.3 is 5.97 Å². The molecule has 0 fully saturated rings. The first kappa shape index (κ1) is 27.6. The van der Waals surface area contributed by atoms with Crippen LogP contribution in [0.25, 0.3) is 0 Å². The minimum absolute atomic E-state index is 0.0264. The highest BCUT2D eigenvalue weighted by atomic mass is 35.5. The van der Waals surface area contributed by atoms with Crippen LogP contribution in [0.15, 0.2) is 58.8 Å². The summed E-state index contributed by atoms with van der Waals surface area (Å²) >= 11 is 31.9. The number of fused-ring (bicyclic) bond motifs is 1. The molecule has 2 N–H and O–H groups in total. The van der Waals surface area contributed by atoms with Crippen molar-refractivity contribution in [1.29, 1.82) is 5.26 Å². The number of benzene rings is 3. The Morgan fingerprint density at radius 1 is 1.03 bits per heavy atom. The van der Waals surface area contributed by atoms with Gasteiger partial charge in [-0.3, -0.25) is 0 Å². The number of hydrogen-bond acceptors (Lipinski definition) is 7. The molecule has 190 valence electrons. The van der Waals surface area contributed by atoms with Gasteiger partial charge in [-0.05, 0) is 30.0 Å². The molecule has 4 rings (SSSR count). The molecular formula is C25H15Cl5N2O4S. The van der Waals surface area contributed by atoms with Crippen molar-refractivity contribution in [3.63, 3.8) is 0 Å². The zero-order valence-electron chi connectivity index (χ0n) is 18.8. The third-order valence-electron chi connectivity index (χ3n) is 5.38. The second-order valence-electron chi connectivity index (χ2n) is 7.56. The molecule has 0 amide bonds. The molecule has 0 bridgehead atoms. The van der Waals surface area contributed by atoms with E-state index in [1.165, 1.54) is 6.07 Å². The third kappa shape index (κ3) is 5.56. The molecule has 1 aliphatic heterocycles. The van der Waals surface area contributed by atoms with Gasteiger partial charge in [-0.25, -0.2) is 4.79 Å². The van der Waals surface area contributed by atoms with Crippen LogP contribution < -0.4 is 19.9 Å². The molecule has 1 atom stereocenters. The van der Waals surface area contributed by atoms with Crippen molar-refractivity contribution in [1.82, 2.24) is 0 Å². The van der Waals surface area contributed by atoms with E-state index in [4.69, 9.17) is 77.9 Å². The number of ether oxygens (including phenoxy) is 3. The van der Waals surface area contributed by atoms with Gasteiger partial charge in [0.15, 0.2) is 12.4 Å². The van der Waals surface area contributed by atoms with Gasteiger partial charge in [-0.2, -0.15) is 5.26 Å². The van der Waals surface area contributed by atoms with Crippen molar-refractivity contribution in [3.8, 4) is 23.3 Å². The van der Waals surface area contributed by atoms with Gasteiger partial charge < -0.3 is 19.9 Å². The fourth-order valence-electron chi connectivity index (χ4n) is 3.64. The molecule has 37 heavy (non-hydrogen) atoms. The lowest BCUT2D eigenvalue weighted by molar-refractivity contribution is -0.136. The van der Waals surface area contributed by atoms with E-state index in [0.717, 1.165) is 10.5 Å². The molecule has 1 heterocycles. The molecule has 0 aromatic heterocycles. The Morgan fingerprint density at radius 2 is 1.65 bits per heavy atom. The Hall–Kier alpha value is -2.44. The number of nitrogens with two attached hydrogens (primary N) is 1. The van der Waals surface area contributed by atoms with Gasteiger partial charge in [-0.1, -0.05) is 76.2 Å². The molecule has 0 saturated carbocycles. The number of esters is 1. The van der Waals surface area contributed by atoms with E-state index in [9.17, 15) is 10.1 Å². The molecule has 0 saturated heterocycles. The number of rotatable bonds is 6. The lowest BCUT2D eigenvalue weighted by Gasteiger charge is -2.26. The second-order valence-corrected chi connectivity index (χ2v) is 10.3. The number of halogens is 5. The normalized spacial score (nSPS) is 14.5. The number of carbonyl (C=O) groups excluding carboxylic acids is 1. The number of hydrogen-bond donors (Lipinski definition) is 1. The van der Waals surface area contributed by atoms with Crippen molar-refractivity contribution >= 4 is 75.7 Å². The highest BCUT2D eigenvalue weighted by molar-refractivity contribution is 7.98. The standard InChI is InChI=1S/C25H15Cl5N2O4S/c1-37-13-5-2-11(3-6-13)18-14-7-4-12(8-16(14)36-25(32)15(18)9-31)35-17(33)10-34-24-22(29)20(27)19(26)21(28)23(24)30/h2-8,18H,10,32H2,1H3. The Bertz CT molecular complexity index is 1440. The predicted molar refractivity (Wildman–Crippen MR) is 147 cm³/mol. The maximum Gasteiger partial charge on any atom is 0.349 e. The van der Waals surface area contributed by atoms with Crippen molar-refractivity contribution in [2.75, 3.05) is 12.9 Å². The summed E-state index contributed by atoms with van der Waals surface area (Å²) < 4.78 is 16.5. The van der Waals surface area contributed by atoms with E-state index < -0.39 is 18.5 Å². The first-order valence-electron chi connectivity index (χ1n) is 10.4. The van der Waals surface area contributed by atoms with Crippen LogP contribution >= 0.6 is 69.8 Å². The summed E-state index contributed by atoms with van der Waals surface area (Å²) in [7, 11) is 0. The van der Waals surface area contributed by atoms with Crippen molar-refractivity contribution in [3.05, 3.63) is 90.2 Å². The van der Waals surface area contributed by atoms with E-state index in [0.29, 0.717) is 11.3 Å². The molecule has 3 aromatic carbocycles. The van der Waals surface area contributed by atoms with Crippen LogP contribution in [0, 0.1) is 11.3 Å². The van der Waals surface area contributed by atoms with E-state index >= 15 is 0 Å². The Kier molecular flexibility index (Phi) is 8.59. The maximum atomic E-state index is 12.5. The average Bonchev–Trinajstić information content (AvgIpc) is 2.90. The van der Waals surface area contributed by atoms with Gasteiger partial charge in [0.2, 0.25) is 5.88 Å². The summed E-state index contributed by atoms with van der Waals surface area (Å²) in [6.45, 7) is -0.559. The summed E-state index contributed by atoms with van der Waals surface area (Å²) in [6.07, 6.45) is 1.98. The van der Waals surface area contributed by atoms with Crippen LogP contribution in [0.5, 0.6) is 17.2 Å². The smallest absolute Gasteiger partial charge is 0.349 e. The summed E-state index contributed by atoms with van der Waals surface area (Å²) in [5.41, 5.74) is 7.92. The lowest BCUT2D eigenvalue weighted by atomic mass is 9.83. The number of allylic oxidation sites excluding steroid dienone is 1. The number of nitrogens with zero attached hydrogens (tertiary/aromatic N) is 1. The zero-order chi connectivity index (χ0) is 26.9. The quantitative estimate of drug-likeness (QED) is 0.0990. The highest BCUT2D eigenvalue weighted by Gasteiger charge is 2.31. The predicted octanol–water partition coefficient (Wildman–Crippen LogP) is 7.88. The van der Waals surface area contributed by atoms with Gasteiger partial charge in [0.1, 0.15) is 33.2 Å². The van der Waals surface area contributed by atoms with Crippen LogP contribution in [-0.4, -0.2) is 18.8 Å². The monoisotopic (exact) mass is 614 g/mol. The van der Waals surface area contributed by atoms with Crippen LogP contribution in [0.1, 0.15) is 17.0 Å². The van der Waals surface area contributed by atoms with Crippen LogP contribution in [-0.2, 0) is 4.79 Å². The molecule has 1 unspecified atom stereocenters. The first-order chi connectivity index (χ1) is 17.7. The molecule has 0 radical (unpaired) electrons. The van der Waals surface area contributed by atoms with Gasteiger partial charge in [0.25, 0.3) is 0 Å².